The van der Waals surface area contributed by atoms with Crippen molar-refractivity contribution in [1.29, 1.82) is 0 Å². The molecule has 2 N–H and O–H groups in total. The molecular formula is C14H19ClN2O3. The van der Waals surface area contributed by atoms with Crippen molar-refractivity contribution in [2.24, 2.45) is 0 Å². The molecule has 20 heavy (non-hydrogen) atoms. The van der Waals surface area contributed by atoms with Crippen LogP contribution >= 0.6 is 11.6 Å². The summed E-state index contributed by atoms with van der Waals surface area (Å²) in [7, 11) is 1.59. The molecule has 0 saturated carbocycles. The lowest BCUT2D eigenvalue weighted by atomic mass is 10.1. The van der Waals surface area contributed by atoms with Gasteiger partial charge in [0.15, 0.2) is 0 Å². The molecule has 0 heterocycles. The quantitative estimate of drug-likeness (QED) is 0.586. The van der Waals surface area contributed by atoms with Crippen molar-refractivity contribution in [2.75, 3.05) is 26.8 Å². The van der Waals surface area contributed by atoms with E-state index in [0.717, 1.165) is 5.56 Å². The van der Waals surface area contributed by atoms with Gasteiger partial charge in [0, 0.05) is 31.8 Å². The predicted molar refractivity (Wildman–Crippen MR) is 77.7 cm³/mol. The minimum Gasteiger partial charge on any atom is -0.385 e. The van der Waals surface area contributed by atoms with Gasteiger partial charge in [-0.25, -0.2) is 0 Å². The Morgan fingerprint density at radius 2 is 1.70 bits per heavy atom. The maximum Gasteiger partial charge on any atom is 0.309 e. The summed E-state index contributed by atoms with van der Waals surface area (Å²) < 4.78 is 4.85. The molecule has 110 valence electrons. The van der Waals surface area contributed by atoms with E-state index in [0.29, 0.717) is 37.6 Å². The number of methoxy groups -OCH3 is 1. The van der Waals surface area contributed by atoms with Gasteiger partial charge in [-0.1, -0.05) is 23.7 Å². The summed E-state index contributed by atoms with van der Waals surface area (Å²) in [5, 5.41) is 5.77. The first-order valence-electron chi connectivity index (χ1n) is 6.43. The van der Waals surface area contributed by atoms with Crippen molar-refractivity contribution in [3.05, 3.63) is 34.9 Å². The van der Waals surface area contributed by atoms with E-state index in [1.807, 2.05) is 12.1 Å². The lowest BCUT2D eigenvalue weighted by Gasteiger charge is -2.06. The van der Waals surface area contributed by atoms with Crippen LogP contribution < -0.4 is 10.6 Å². The molecule has 0 spiro atoms. The number of nitrogens with one attached hydrogen (secondary N) is 2. The third-order valence-electron chi connectivity index (χ3n) is 2.63. The van der Waals surface area contributed by atoms with E-state index in [-0.39, 0.29) is 0 Å². The summed E-state index contributed by atoms with van der Waals surface area (Å²) in [6.45, 7) is 1.39. The second kappa shape index (κ2) is 9.34. The second-order valence-corrected chi connectivity index (χ2v) is 4.67. The van der Waals surface area contributed by atoms with E-state index >= 15 is 0 Å². The van der Waals surface area contributed by atoms with E-state index in [9.17, 15) is 9.59 Å². The minimum absolute atomic E-state index is 0.409. The zero-order valence-electron chi connectivity index (χ0n) is 11.4. The maximum absolute atomic E-state index is 11.5. The Hall–Kier alpha value is -1.59. The molecule has 0 unspecified atom stereocenters. The number of ether oxygens (including phenoxy) is 1. The SMILES string of the molecule is COCCCNC(=O)C(=O)NCCc1ccc(Cl)cc1. The molecule has 0 radical (unpaired) electrons. The normalized spacial score (nSPS) is 10.1. The van der Waals surface area contributed by atoms with E-state index in [1.54, 1.807) is 19.2 Å². The predicted octanol–water partition coefficient (Wildman–Crippen LogP) is 1.15. The van der Waals surface area contributed by atoms with Crippen LogP contribution in [-0.4, -0.2) is 38.6 Å². The van der Waals surface area contributed by atoms with Crippen molar-refractivity contribution < 1.29 is 14.3 Å². The van der Waals surface area contributed by atoms with Crippen molar-refractivity contribution >= 4 is 23.4 Å². The Morgan fingerprint density at radius 3 is 2.30 bits per heavy atom. The average molecular weight is 299 g/mol. The number of amides is 2. The Kier molecular flexibility index (Phi) is 7.69. The monoisotopic (exact) mass is 298 g/mol. The largest absolute Gasteiger partial charge is 0.385 e. The van der Waals surface area contributed by atoms with Crippen LogP contribution in [0.15, 0.2) is 24.3 Å². The van der Waals surface area contributed by atoms with E-state index in [4.69, 9.17) is 16.3 Å². The van der Waals surface area contributed by atoms with Gasteiger partial charge >= 0.3 is 11.8 Å². The number of hydrogen-bond donors (Lipinski definition) is 2. The molecule has 0 saturated heterocycles. The van der Waals surface area contributed by atoms with Gasteiger partial charge in [-0.15, -0.1) is 0 Å². The number of halogens is 1. The molecule has 0 aromatic heterocycles. The molecule has 0 aliphatic carbocycles. The van der Waals surface area contributed by atoms with Gasteiger partial charge < -0.3 is 15.4 Å². The minimum atomic E-state index is -0.614. The van der Waals surface area contributed by atoms with Gasteiger partial charge in [0.25, 0.3) is 0 Å². The number of benzene rings is 1. The van der Waals surface area contributed by atoms with Crippen LogP contribution in [0.4, 0.5) is 0 Å². The Labute approximate surface area is 123 Å². The molecule has 0 fully saturated rings. The Bertz CT molecular complexity index is 435. The fraction of sp³-hybridized carbons (Fsp3) is 0.429. The Balaban J connectivity index is 2.18. The highest BCUT2D eigenvalue weighted by atomic mass is 35.5. The lowest BCUT2D eigenvalue weighted by Crippen LogP contribution is -2.41. The summed E-state index contributed by atoms with van der Waals surface area (Å²) in [5.41, 5.74) is 1.05. The summed E-state index contributed by atoms with van der Waals surface area (Å²) in [5.74, 6) is -1.23. The number of carbonyl (C=O) groups is 2. The van der Waals surface area contributed by atoms with Crippen LogP contribution in [0.3, 0.4) is 0 Å². The molecule has 1 aromatic carbocycles. The first-order valence-corrected chi connectivity index (χ1v) is 6.80. The lowest BCUT2D eigenvalue weighted by molar-refractivity contribution is -0.139. The smallest absolute Gasteiger partial charge is 0.309 e. The molecule has 0 aliphatic heterocycles. The highest BCUT2D eigenvalue weighted by Gasteiger charge is 2.11. The van der Waals surface area contributed by atoms with Crippen molar-refractivity contribution in [3.63, 3.8) is 0 Å². The molecular weight excluding hydrogens is 280 g/mol. The van der Waals surface area contributed by atoms with Crippen LogP contribution in [-0.2, 0) is 20.7 Å². The number of carbonyl (C=O) groups excluding carboxylic acids is 2. The highest BCUT2D eigenvalue weighted by Crippen LogP contribution is 2.09. The molecule has 0 atom stereocenters. The average Bonchev–Trinajstić information content (AvgIpc) is 2.45. The molecule has 0 aliphatic rings. The third kappa shape index (κ3) is 6.54. The zero-order valence-corrected chi connectivity index (χ0v) is 12.2. The van der Waals surface area contributed by atoms with Crippen molar-refractivity contribution in [1.82, 2.24) is 10.6 Å². The van der Waals surface area contributed by atoms with Gasteiger partial charge in [0.05, 0.1) is 0 Å². The topological polar surface area (TPSA) is 67.4 Å². The van der Waals surface area contributed by atoms with Gasteiger partial charge in [-0.3, -0.25) is 9.59 Å². The van der Waals surface area contributed by atoms with Gasteiger partial charge in [-0.05, 0) is 30.5 Å². The van der Waals surface area contributed by atoms with Crippen LogP contribution in [0.25, 0.3) is 0 Å². The zero-order chi connectivity index (χ0) is 14.8. The Morgan fingerprint density at radius 1 is 1.10 bits per heavy atom. The molecule has 0 bridgehead atoms. The standard InChI is InChI=1S/C14H19ClN2O3/c1-20-10-2-8-16-13(18)14(19)17-9-7-11-3-5-12(15)6-4-11/h3-6H,2,7-10H2,1H3,(H,16,18)(H,17,19). The summed E-state index contributed by atoms with van der Waals surface area (Å²) in [4.78, 5) is 22.9. The molecule has 1 rings (SSSR count). The molecule has 6 heteroatoms. The van der Waals surface area contributed by atoms with E-state index < -0.39 is 11.8 Å². The fourth-order valence-electron chi connectivity index (χ4n) is 1.55. The fourth-order valence-corrected chi connectivity index (χ4v) is 1.68. The number of hydrogen-bond acceptors (Lipinski definition) is 3. The summed E-state index contributed by atoms with van der Waals surface area (Å²) >= 11 is 5.78. The maximum atomic E-state index is 11.5. The third-order valence-corrected chi connectivity index (χ3v) is 2.88. The van der Waals surface area contributed by atoms with Crippen LogP contribution in [0.2, 0.25) is 5.02 Å². The summed E-state index contributed by atoms with van der Waals surface area (Å²) in [6, 6.07) is 7.36. The second-order valence-electron chi connectivity index (χ2n) is 4.23. The molecule has 5 nitrogen and oxygen atoms in total. The van der Waals surface area contributed by atoms with E-state index in [1.165, 1.54) is 0 Å². The summed E-state index contributed by atoms with van der Waals surface area (Å²) in [6.07, 6.45) is 1.33. The number of rotatable bonds is 7. The van der Waals surface area contributed by atoms with Gasteiger partial charge in [0.2, 0.25) is 0 Å². The van der Waals surface area contributed by atoms with Gasteiger partial charge in [-0.2, -0.15) is 0 Å². The molecule has 2 amide bonds. The van der Waals surface area contributed by atoms with Crippen LogP contribution in [0, 0.1) is 0 Å². The van der Waals surface area contributed by atoms with E-state index in [2.05, 4.69) is 10.6 Å². The first-order chi connectivity index (χ1) is 9.63. The molecule has 1 aromatic rings. The first kappa shape index (κ1) is 16.5. The highest BCUT2D eigenvalue weighted by molar-refractivity contribution is 6.35. The van der Waals surface area contributed by atoms with Crippen molar-refractivity contribution in [3.8, 4) is 0 Å². The van der Waals surface area contributed by atoms with Crippen molar-refractivity contribution in [2.45, 2.75) is 12.8 Å². The van der Waals surface area contributed by atoms with Crippen LogP contribution in [0.1, 0.15) is 12.0 Å². The van der Waals surface area contributed by atoms with Crippen LogP contribution in [0.5, 0.6) is 0 Å². The van der Waals surface area contributed by atoms with Gasteiger partial charge in [0.1, 0.15) is 0 Å².